The molecule has 3 rings (SSSR count). The predicted molar refractivity (Wildman–Crippen MR) is 132 cm³/mol. The van der Waals surface area contributed by atoms with Gasteiger partial charge >= 0.3 is 12.1 Å². The molecule has 11 heteroatoms. The first kappa shape index (κ1) is 25.0. The van der Waals surface area contributed by atoms with Crippen molar-refractivity contribution in [2.24, 2.45) is 0 Å². The number of nitrogens with one attached hydrogen (secondary N) is 1. The predicted octanol–water partition coefficient (Wildman–Crippen LogP) is 3.52. The summed E-state index contributed by atoms with van der Waals surface area (Å²) >= 11 is 1.21. The van der Waals surface area contributed by atoms with Crippen molar-refractivity contribution in [1.82, 2.24) is 9.88 Å². The van der Waals surface area contributed by atoms with Crippen LogP contribution in [-0.4, -0.2) is 64.2 Å². The molecule has 1 aliphatic rings. The van der Waals surface area contributed by atoms with Gasteiger partial charge in [0.15, 0.2) is 5.69 Å². The number of aromatic nitrogens is 1. The summed E-state index contributed by atoms with van der Waals surface area (Å²) in [5, 5.41) is 12.7. The third kappa shape index (κ3) is 6.25. The minimum Gasteiger partial charge on any atom is -0.478 e. The number of thiazole rings is 1. The Morgan fingerprint density at radius 3 is 2.59 bits per heavy atom. The molecule has 1 aromatic heterocycles. The first-order valence-electron chi connectivity index (χ1n) is 10.8. The van der Waals surface area contributed by atoms with Crippen molar-refractivity contribution in [1.29, 1.82) is 0 Å². The zero-order chi connectivity index (χ0) is 25.0. The number of nitrogen functional groups attached to an aromatic ring is 1. The normalized spacial score (nSPS) is 16.5. The molecule has 182 valence electrons. The molecule has 10 nitrogen and oxygen atoms in total. The van der Waals surface area contributed by atoms with Crippen molar-refractivity contribution >= 4 is 51.8 Å². The van der Waals surface area contributed by atoms with Gasteiger partial charge in [-0.25, -0.2) is 14.6 Å². The fourth-order valence-electron chi connectivity index (χ4n) is 3.43. The largest absolute Gasteiger partial charge is 0.478 e. The molecule has 0 bridgehead atoms. The Morgan fingerprint density at radius 1 is 1.26 bits per heavy atom. The average Bonchev–Trinajstić information content (AvgIpc) is 3.17. The number of hydrogen-bond acceptors (Lipinski definition) is 8. The van der Waals surface area contributed by atoms with Gasteiger partial charge in [0.05, 0.1) is 11.4 Å². The van der Waals surface area contributed by atoms with Crippen LogP contribution in [0.4, 0.5) is 21.2 Å². The number of rotatable bonds is 5. The van der Waals surface area contributed by atoms with E-state index in [4.69, 9.17) is 15.6 Å². The fourth-order valence-corrected chi connectivity index (χ4v) is 4.43. The summed E-state index contributed by atoms with van der Waals surface area (Å²) in [4.78, 5) is 44.7. The second-order valence-electron chi connectivity index (χ2n) is 8.89. The molecule has 1 fully saturated rings. The molecule has 0 radical (unpaired) electrons. The zero-order valence-corrected chi connectivity index (χ0v) is 20.4. The number of benzene rings is 1. The first-order chi connectivity index (χ1) is 15.9. The maximum atomic E-state index is 13.1. The molecule has 34 heavy (non-hydrogen) atoms. The van der Waals surface area contributed by atoms with Crippen LogP contribution in [0.5, 0.6) is 0 Å². The van der Waals surface area contributed by atoms with Crippen molar-refractivity contribution < 1.29 is 24.2 Å². The van der Waals surface area contributed by atoms with Crippen LogP contribution in [-0.2, 0) is 9.53 Å². The van der Waals surface area contributed by atoms with Crippen molar-refractivity contribution in [3.05, 3.63) is 41.0 Å². The lowest BCUT2D eigenvalue weighted by molar-refractivity contribution is -0.131. The number of carbonyl (C=O) groups excluding carboxylic acids is 2. The van der Waals surface area contributed by atoms with Gasteiger partial charge in [-0.05, 0) is 45.9 Å². The molecule has 1 aliphatic heterocycles. The number of carboxylic acid groups (broad SMARTS) is 1. The van der Waals surface area contributed by atoms with Gasteiger partial charge in [-0.1, -0.05) is 23.5 Å². The van der Waals surface area contributed by atoms with Gasteiger partial charge in [-0.2, -0.15) is 0 Å². The van der Waals surface area contributed by atoms with E-state index >= 15 is 0 Å². The number of aliphatic carboxylic acids is 1. The van der Waals surface area contributed by atoms with Gasteiger partial charge < -0.3 is 30.7 Å². The number of nitrogens with zero attached hydrogens (tertiary/aromatic N) is 3. The summed E-state index contributed by atoms with van der Waals surface area (Å²) in [7, 11) is 0. The maximum Gasteiger partial charge on any atom is 0.410 e. The number of nitrogens with two attached hydrogens (primary N) is 1. The highest BCUT2D eigenvalue weighted by Gasteiger charge is 2.33. The van der Waals surface area contributed by atoms with Crippen LogP contribution in [0.15, 0.2) is 30.3 Å². The quantitative estimate of drug-likeness (QED) is 0.430. The van der Waals surface area contributed by atoms with E-state index in [1.165, 1.54) is 17.4 Å². The van der Waals surface area contributed by atoms with E-state index in [0.29, 0.717) is 41.0 Å². The minimum atomic E-state index is -1.11. The topological polar surface area (TPSA) is 138 Å². The molecule has 2 amide bonds. The van der Waals surface area contributed by atoms with E-state index in [1.807, 2.05) is 32.6 Å². The number of para-hydroxylation sites is 2. The van der Waals surface area contributed by atoms with Gasteiger partial charge in [-0.15, -0.1) is 0 Å². The Kier molecular flexibility index (Phi) is 7.45. The molecule has 4 N–H and O–H groups in total. The Morgan fingerprint density at radius 2 is 1.97 bits per heavy atom. The number of carboxylic acids is 1. The Hall–Kier alpha value is -3.60. The van der Waals surface area contributed by atoms with E-state index in [-0.39, 0.29) is 17.8 Å². The first-order valence-corrected chi connectivity index (χ1v) is 11.6. The molecule has 2 heterocycles. The summed E-state index contributed by atoms with van der Waals surface area (Å²) in [5.74, 6) is -1.57. The number of piperazine rings is 1. The summed E-state index contributed by atoms with van der Waals surface area (Å²) in [6.45, 7) is 8.69. The lowest BCUT2D eigenvalue weighted by Crippen LogP contribution is -2.55. The third-order valence-electron chi connectivity index (χ3n) is 4.96. The van der Waals surface area contributed by atoms with Crippen LogP contribution in [0, 0.1) is 0 Å². The Balaban J connectivity index is 1.85. The number of anilines is 3. The number of amides is 2. The monoisotopic (exact) mass is 487 g/mol. The van der Waals surface area contributed by atoms with Gasteiger partial charge in [-0.3, -0.25) is 4.79 Å². The Labute approximate surface area is 202 Å². The number of hydrogen-bond donors (Lipinski definition) is 3. The van der Waals surface area contributed by atoms with Crippen LogP contribution in [0.25, 0.3) is 6.08 Å². The molecule has 1 saturated heterocycles. The smallest absolute Gasteiger partial charge is 0.410 e. The highest BCUT2D eigenvalue weighted by Crippen LogP contribution is 2.33. The molecule has 1 aromatic carbocycles. The van der Waals surface area contributed by atoms with Crippen LogP contribution >= 0.6 is 11.3 Å². The van der Waals surface area contributed by atoms with Crippen LogP contribution in [0.1, 0.15) is 43.2 Å². The number of carbonyl (C=O) groups is 3. The van der Waals surface area contributed by atoms with Crippen LogP contribution < -0.4 is 16.0 Å². The molecular weight excluding hydrogens is 458 g/mol. The second-order valence-corrected chi connectivity index (χ2v) is 9.90. The molecule has 0 saturated carbocycles. The minimum absolute atomic E-state index is 0.163. The van der Waals surface area contributed by atoms with Crippen molar-refractivity contribution in [2.45, 2.75) is 39.3 Å². The van der Waals surface area contributed by atoms with E-state index in [9.17, 15) is 14.4 Å². The summed E-state index contributed by atoms with van der Waals surface area (Å²) in [5.41, 5.74) is 6.39. The van der Waals surface area contributed by atoms with Gasteiger partial charge in [0.25, 0.3) is 5.91 Å². The lowest BCUT2D eigenvalue weighted by atomic mass is 10.2. The third-order valence-corrected chi connectivity index (χ3v) is 6.04. The maximum absolute atomic E-state index is 13.1. The molecule has 0 unspecified atom stereocenters. The average molecular weight is 488 g/mol. The van der Waals surface area contributed by atoms with Gasteiger partial charge in [0.2, 0.25) is 0 Å². The highest BCUT2D eigenvalue weighted by atomic mass is 32.1. The number of ether oxygens (including phenoxy) is 1. The van der Waals surface area contributed by atoms with Crippen LogP contribution in [0.3, 0.4) is 0 Å². The van der Waals surface area contributed by atoms with Gasteiger partial charge in [0.1, 0.15) is 15.6 Å². The van der Waals surface area contributed by atoms with Crippen LogP contribution in [0.2, 0.25) is 0 Å². The molecule has 0 spiro atoms. The standard InChI is InChI=1S/C23H29N5O5S/c1-14-13-27(11-12-28(14)22(32)33-23(2,3)4)21-19(26-17(34-21)9-10-18(29)30)20(31)25-16-8-6-5-7-15(16)24/h5-10,14H,11-13,24H2,1-4H3,(H,25,31)(H,29,30)/b10-9+/t14-/m1/s1. The van der Waals surface area contributed by atoms with Gasteiger partial charge in [0, 0.05) is 31.8 Å². The highest BCUT2D eigenvalue weighted by molar-refractivity contribution is 7.17. The van der Waals surface area contributed by atoms with E-state index < -0.39 is 17.5 Å². The van der Waals surface area contributed by atoms with E-state index in [2.05, 4.69) is 10.3 Å². The molecular formula is C23H29N5O5S. The lowest BCUT2D eigenvalue weighted by Gasteiger charge is -2.40. The van der Waals surface area contributed by atoms with E-state index in [1.54, 1.807) is 29.2 Å². The summed E-state index contributed by atoms with van der Waals surface area (Å²) in [6, 6.07) is 6.71. The van der Waals surface area contributed by atoms with E-state index in [0.717, 1.165) is 6.08 Å². The second kappa shape index (κ2) is 10.1. The SMILES string of the molecule is C[C@@H]1CN(c2sc(/C=C/C(=O)O)nc2C(=O)Nc2ccccc2N)CCN1C(=O)OC(C)(C)C. The molecule has 0 aliphatic carbocycles. The summed E-state index contributed by atoms with van der Waals surface area (Å²) in [6.07, 6.45) is 1.94. The molecule has 2 aromatic rings. The Bertz CT molecular complexity index is 1110. The zero-order valence-electron chi connectivity index (χ0n) is 19.6. The summed E-state index contributed by atoms with van der Waals surface area (Å²) < 4.78 is 5.50. The van der Waals surface area contributed by atoms with Crippen molar-refractivity contribution in [2.75, 3.05) is 35.6 Å². The fraction of sp³-hybridized carbons (Fsp3) is 0.391. The molecule has 1 atom stereocenters. The van der Waals surface area contributed by atoms with Crippen molar-refractivity contribution in [3.8, 4) is 0 Å². The van der Waals surface area contributed by atoms with Crippen molar-refractivity contribution in [3.63, 3.8) is 0 Å².